The van der Waals surface area contributed by atoms with Crippen LogP contribution >= 0.6 is 0 Å². The number of nitrogens with one attached hydrogen (secondary N) is 2. The monoisotopic (exact) mass is 192 g/mol. The van der Waals surface area contributed by atoms with Crippen molar-refractivity contribution >= 4 is 0 Å². The maximum absolute atomic E-state index is 7.92. The molecule has 1 fully saturated rings. The van der Waals surface area contributed by atoms with Gasteiger partial charge < -0.3 is 15.5 Å². The van der Waals surface area contributed by atoms with E-state index in [9.17, 15) is 0 Å². The van der Waals surface area contributed by atoms with Crippen molar-refractivity contribution in [3.05, 3.63) is 36.0 Å². The summed E-state index contributed by atoms with van der Waals surface area (Å²) in [6.45, 7) is 1.53. The smallest absolute Gasteiger partial charge is 0.0836 e. The van der Waals surface area contributed by atoms with Crippen molar-refractivity contribution < 1.29 is 6.11 Å². The van der Waals surface area contributed by atoms with Gasteiger partial charge in [0.15, 0.2) is 0 Å². The fraction of sp³-hybridized carbons (Fsp3) is 0.400. The summed E-state index contributed by atoms with van der Waals surface area (Å²) in [5.74, 6) is 0.356. The number of hydrogen-bond donors (Lipinski definition) is 2. The van der Waals surface area contributed by atoms with Gasteiger partial charge in [-0.05, 0) is 6.42 Å². The first-order valence-corrected chi connectivity index (χ1v) is 4.84. The molecule has 0 aromatic carbocycles. The van der Waals surface area contributed by atoms with Gasteiger partial charge in [0.1, 0.15) is 0 Å². The minimum Gasteiger partial charge on any atom is -0.381 e. The van der Waals surface area contributed by atoms with Gasteiger partial charge in [-0.25, -0.2) is 0 Å². The number of rotatable bonds is 1. The number of fused-ring (bicyclic) bond motifs is 1. The Morgan fingerprint density at radius 1 is 1.64 bits per heavy atom. The molecule has 0 spiro atoms. The number of nitrogens with zero attached hydrogens (tertiary/aromatic N) is 1. The Labute approximate surface area is 84.3 Å². The highest BCUT2D eigenvalue weighted by Gasteiger charge is 2.29. The molecular weight excluding hydrogens is 178 g/mol. The third-order valence-electron chi connectivity index (χ3n) is 2.72. The quantitative estimate of drug-likeness (QED) is 0.639. The molecule has 0 saturated carbocycles. The Morgan fingerprint density at radius 3 is 3.50 bits per heavy atom. The molecule has 0 radical (unpaired) electrons. The highest BCUT2D eigenvalue weighted by Crippen LogP contribution is 2.31. The van der Waals surface area contributed by atoms with Crippen LogP contribution in [0, 0.1) is 5.92 Å². The van der Waals surface area contributed by atoms with Crippen LogP contribution in [0.25, 0.3) is 0 Å². The molecule has 74 valence electrons. The predicted octanol–water partition coefficient (Wildman–Crippen LogP) is 0.643. The van der Waals surface area contributed by atoms with Crippen LogP contribution in [0.3, 0.4) is 0 Å². The van der Waals surface area contributed by atoms with E-state index in [1.807, 2.05) is 23.6 Å². The summed E-state index contributed by atoms with van der Waals surface area (Å²) >= 11 is 0. The zero-order chi connectivity index (χ0) is 10.3. The van der Waals surface area contributed by atoms with Gasteiger partial charge >= 0.3 is 0 Å². The summed E-state index contributed by atoms with van der Waals surface area (Å²) in [6, 6.07) is 0. The van der Waals surface area contributed by atoms with E-state index in [2.05, 4.69) is 10.7 Å². The molecule has 1 atom stereocenters. The minimum absolute atomic E-state index is 0.356. The van der Waals surface area contributed by atoms with Crippen LogP contribution in [0.5, 0.6) is 0 Å². The molecule has 0 aromatic rings. The molecule has 1 unspecified atom stereocenters. The predicted molar refractivity (Wildman–Crippen MR) is 52.3 cm³/mol. The molecule has 3 aliphatic rings. The molecule has 1 saturated heterocycles. The molecule has 14 heavy (non-hydrogen) atoms. The molecule has 4 heteroatoms. The highest BCUT2D eigenvalue weighted by atomic mass is 16.5. The van der Waals surface area contributed by atoms with Crippen molar-refractivity contribution in [2.75, 3.05) is 13.2 Å². The summed E-state index contributed by atoms with van der Waals surface area (Å²) in [5, 5.41) is 4.92. The molecule has 3 rings (SSSR count). The highest BCUT2D eigenvalue weighted by molar-refractivity contribution is 5.38. The van der Waals surface area contributed by atoms with E-state index >= 15 is 0 Å². The molecule has 3 aliphatic heterocycles. The molecule has 0 aromatic heterocycles. The molecule has 0 aliphatic carbocycles. The average molecular weight is 192 g/mol. The van der Waals surface area contributed by atoms with Crippen LogP contribution in [0.1, 0.15) is 7.79 Å². The van der Waals surface area contributed by atoms with Gasteiger partial charge in [0.05, 0.1) is 13.7 Å². The Kier molecular flexibility index (Phi) is 1.52. The van der Waals surface area contributed by atoms with E-state index in [0.717, 1.165) is 30.9 Å². The Hall–Kier alpha value is -1.42. The van der Waals surface area contributed by atoms with Gasteiger partial charge in [0.2, 0.25) is 0 Å². The van der Waals surface area contributed by atoms with Crippen LogP contribution < -0.4 is 10.7 Å². The van der Waals surface area contributed by atoms with Gasteiger partial charge in [-0.15, -0.1) is 0 Å². The van der Waals surface area contributed by atoms with E-state index in [0.29, 0.717) is 12.1 Å². The van der Waals surface area contributed by atoms with Crippen molar-refractivity contribution in [1.82, 2.24) is 15.8 Å². The Balaban J connectivity index is 1.92. The van der Waals surface area contributed by atoms with Gasteiger partial charge in [-0.1, -0.05) is 0 Å². The topological polar surface area (TPSA) is 36.5 Å². The van der Waals surface area contributed by atoms with Crippen LogP contribution in [-0.4, -0.2) is 18.2 Å². The second kappa shape index (κ2) is 3.06. The van der Waals surface area contributed by atoms with E-state index in [1.54, 1.807) is 0 Å². The van der Waals surface area contributed by atoms with Gasteiger partial charge in [-0.3, -0.25) is 5.01 Å². The van der Waals surface area contributed by atoms with E-state index in [1.165, 1.54) is 0 Å². The normalized spacial score (nSPS) is 30.9. The standard InChI is InChI=1S/C10H13N3O/c1-4-14-7-8(1)9-5-12-13-3-2-11-6-10(9)13/h2-3,5-6,8,11-12H,1,4,7H2/i5D. The lowest BCUT2D eigenvalue weighted by molar-refractivity contribution is 0.190. The summed E-state index contributed by atoms with van der Waals surface area (Å²) in [6.07, 6.45) is 7.13. The van der Waals surface area contributed by atoms with E-state index in [-0.39, 0.29) is 0 Å². The number of ether oxygens (including phenoxy) is 1. The Bertz CT molecular complexity index is 369. The minimum atomic E-state index is 0.356. The zero-order valence-corrected chi connectivity index (χ0v) is 7.79. The summed E-state index contributed by atoms with van der Waals surface area (Å²) in [5.41, 5.74) is 5.11. The van der Waals surface area contributed by atoms with Crippen LogP contribution in [-0.2, 0) is 4.74 Å². The van der Waals surface area contributed by atoms with Crippen LogP contribution in [0.15, 0.2) is 36.0 Å². The first-order chi connectivity index (χ1) is 7.36. The van der Waals surface area contributed by atoms with Crippen LogP contribution in [0.4, 0.5) is 0 Å². The lowest BCUT2D eigenvalue weighted by Gasteiger charge is -2.21. The molecule has 0 bridgehead atoms. The van der Waals surface area contributed by atoms with Gasteiger partial charge in [0, 0.05) is 42.9 Å². The summed E-state index contributed by atoms with van der Waals surface area (Å²) in [7, 11) is 0. The van der Waals surface area contributed by atoms with Crippen molar-refractivity contribution in [1.29, 1.82) is 0 Å². The number of hydrogen-bond acceptors (Lipinski definition) is 4. The summed E-state index contributed by atoms with van der Waals surface area (Å²) < 4.78 is 13.3. The SMILES string of the molecule is [2H]C1=C(C2CCOC2)C2=CNC=CN2N1. The fourth-order valence-electron chi connectivity index (χ4n) is 1.96. The first-order valence-electron chi connectivity index (χ1n) is 5.34. The molecule has 3 heterocycles. The maximum Gasteiger partial charge on any atom is 0.0836 e. The summed E-state index contributed by atoms with van der Waals surface area (Å²) in [4.78, 5) is 0. The van der Waals surface area contributed by atoms with E-state index < -0.39 is 0 Å². The van der Waals surface area contributed by atoms with Crippen molar-refractivity contribution in [3.8, 4) is 0 Å². The zero-order valence-electron chi connectivity index (χ0n) is 8.79. The van der Waals surface area contributed by atoms with E-state index in [4.69, 9.17) is 6.11 Å². The second-order valence-electron chi connectivity index (χ2n) is 3.59. The van der Waals surface area contributed by atoms with Gasteiger partial charge in [0.25, 0.3) is 0 Å². The molecular formula is C10H13N3O. The maximum atomic E-state index is 7.92. The third-order valence-corrected chi connectivity index (χ3v) is 2.72. The fourth-order valence-corrected chi connectivity index (χ4v) is 1.96. The van der Waals surface area contributed by atoms with Crippen LogP contribution in [0.2, 0.25) is 0 Å². The van der Waals surface area contributed by atoms with Gasteiger partial charge in [-0.2, -0.15) is 0 Å². The molecule has 0 amide bonds. The third kappa shape index (κ3) is 1.11. The van der Waals surface area contributed by atoms with Crippen molar-refractivity contribution in [2.45, 2.75) is 6.42 Å². The lowest BCUT2D eigenvalue weighted by Crippen LogP contribution is -2.27. The number of hydrazine groups is 1. The number of allylic oxidation sites excluding steroid dienone is 1. The lowest BCUT2D eigenvalue weighted by atomic mass is 9.97. The average Bonchev–Trinajstić information content (AvgIpc) is 2.82. The second-order valence-corrected chi connectivity index (χ2v) is 3.59. The molecule has 2 N–H and O–H groups in total. The Morgan fingerprint density at radius 2 is 2.64 bits per heavy atom. The first kappa shape index (κ1) is 6.95. The van der Waals surface area contributed by atoms with Crippen molar-refractivity contribution in [2.24, 2.45) is 5.92 Å². The molecule has 4 nitrogen and oxygen atoms in total. The largest absolute Gasteiger partial charge is 0.381 e. The van der Waals surface area contributed by atoms with Crippen molar-refractivity contribution in [3.63, 3.8) is 0 Å².